The van der Waals surface area contributed by atoms with E-state index in [9.17, 15) is 9.59 Å². The first-order chi connectivity index (χ1) is 10.6. The van der Waals surface area contributed by atoms with Gasteiger partial charge in [-0.3, -0.25) is 14.5 Å². The van der Waals surface area contributed by atoms with Gasteiger partial charge in [0.25, 0.3) is 5.91 Å². The molecular formula is C16H23N3O3. The van der Waals surface area contributed by atoms with E-state index in [1.807, 2.05) is 29.2 Å². The molecule has 0 spiro atoms. The first kappa shape index (κ1) is 16.5. The fourth-order valence-electron chi connectivity index (χ4n) is 2.68. The molecule has 1 aliphatic heterocycles. The lowest BCUT2D eigenvalue weighted by molar-refractivity contribution is -0.138. The topological polar surface area (TPSA) is 95.7 Å². The number of carbonyl (C=O) groups is 2. The lowest BCUT2D eigenvalue weighted by Gasteiger charge is -2.31. The standard InChI is InChI=1S/C16H23N3O3/c17-8-5-12-1-3-13(4-2-12)16(22)18-14-6-9-19(10-7-14)11-15(20)21/h1-4,14H,5-11,17H2,(H,18,22)(H,20,21). The van der Waals surface area contributed by atoms with E-state index in [4.69, 9.17) is 10.8 Å². The quantitative estimate of drug-likeness (QED) is 0.710. The van der Waals surface area contributed by atoms with Gasteiger partial charge in [0.15, 0.2) is 0 Å². The van der Waals surface area contributed by atoms with Gasteiger partial charge in [-0.05, 0) is 43.5 Å². The summed E-state index contributed by atoms with van der Waals surface area (Å²) in [6, 6.07) is 7.61. The average molecular weight is 305 g/mol. The molecule has 120 valence electrons. The summed E-state index contributed by atoms with van der Waals surface area (Å²) in [6.45, 7) is 2.07. The summed E-state index contributed by atoms with van der Waals surface area (Å²) in [5.41, 5.74) is 7.28. The number of hydrogen-bond acceptors (Lipinski definition) is 4. The first-order valence-electron chi connectivity index (χ1n) is 7.62. The summed E-state index contributed by atoms with van der Waals surface area (Å²) in [5.74, 6) is -0.879. The smallest absolute Gasteiger partial charge is 0.317 e. The number of aliphatic carboxylic acids is 1. The lowest BCUT2D eigenvalue weighted by Crippen LogP contribution is -2.45. The molecular weight excluding hydrogens is 282 g/mol. The van der Waals surface area contributed by atoms with E-state index in [0.717, 1.165) is 24.8 Å². The van der Waals surface area contributed by atoms with Crippen LogP contribution in [0.3, 0.4) is 0 Å². The van der Waals surface area contributed by atoms with Crippen LogP contribution in [0.1, 0.15) is 28.8 Å². The van der Waals surface area contributed by atoms with Gasteiger partial charge < -0.3 is 16.2 Å². The third kappa shape index (κ3) is 4.82. The Morgan fingerprint density at radius 2 is 1.86 bits per heavy atom. The van der Waals surface area contributed by atoms with Crippen LogP contribution in [0.2, 0.25) is 0 Å². The minimum atomic E-state index is -0.806. The van der Waals surface area contributed by atoms with Crippen LogP contribution in [0.4, 0.5) is 0 Å². The molecule has 2 rings (SSSR count). The van der Waals surface area contributed by atoms with Crippen LogP contribution < -0.4 is 11.1 Å². The summed E-state index contributed by atoms with van der Waals surface area (Å²) >= 11 is 0. The van der Waals surface area contributed by atoms with Crippen molar-refractivity contribution in [3.05, 3.63) is 35.4 Å². The highest BCUT2D eigenvalue weighted by Crippen LogP contribution is 2.11. The number of nitrogens with zero attached hydrogens (tertiary/aromatic N) is 1. The van der Waals surface area contributed by atoms with Crippen molar-refractivity contribution in [3.8, 4) is 0 Å². The number of hydrogen-bond donors (Lipinski definition) is 3. The Hall–Kier alpha value is -1.92. The van der Waals surface area contributed by atoms with Gasteiger partial charge in [0.2, 0.25) is 0 Å². The molecule has 6 heteroatoms. The molecule has 1 saturated heterocycles. The molecule has 1 amide bonds. The minimum Gasteiger partial charge on any atom is -0.480 e. The number of carbonyl (C=O) groups excluding carboxylic acids is 1. The summed E-state index contributed by atoms with van der Waals surface area (Å²) in [5, 5.41) is 11.8. The fourth-order valence-corrected chi connectivity index (χ4v) is 2.68. The molecule has 0 atom stereocenters. The van der Waals surface area contributed by atoms with Gasteiger partial charge in [-0.25, -0.2) is 0 Å². The Morgan fingerprint density at radius 1 is 1.23 bits per heavy atom. The molecule has 1 heterocycles. The minimum absolute atomic E-state index is 0.0727. The predicted molar refractivity (Wildman–Crippen MR) is 83.8 cm³/mol. The van der Waals surface area contributed by atoms with Crippen LogP contribution in [-0.2, 0) is 11.2 Å². The van der Waals surface area contributed by atoms with Crippen LogP contribution in [0.25, 0.3) is 0 Å². The van der Waals surface area contributed by atoms with E-state index < -0.39 is 5.97 Å². The predicted octanol–water partition coefficient (Wildman–Crippen LogP) is 0.467. The maximum absolute atomic E-state index is 12.2. The Labute approximate surface area is 130 Å². The molecule has 4 N–H and O–H groups in total. The highest BCUT2D eigenvalue weighted by molar-refractivity contribution is 5.94. The Kier molecular flexibility index (Phi) is 5.91. The second kappa shape index (κ2) is 7.91. The number of carboxylic acids is 1. The monoisotopic (exact) mass is 305 g/mol. The first-order valence-corrected chi connectivity index (χ1v) is 7.62. The second-order valence-corrected chi connectivity index (χ2v) is 5.65. The maximum atomic E-state index is 12.2. The van der Waals surface area contributed by atoms with Crippen molar-refractivity contribution in [2.24, 2.45) is 5.73 Å². The molecule has 0 unspecified atom stereocenters. The number of piperidine rings is 1. The van der Waals surface area contributed by atoms with Crippen LogP contribution in [-0.4, -0.2) is 54.1 Å². The summed E-state index contributed by atoms with van der Waals surface area (Å²) in [7, 11) is 0. The number of nitrogens with two attached hydrogens (primary N) is 1. The zero-order valence-corrected chi connectivity index (χ0v) is 12.6. The Balaban J connectivity index is 1.81. The van der Waals surface area contributed by atoms with E-state index in [2.05, 4.69) is 5.32 Å². The summed E-state index contributed by atoms with van der Waals surface area (Å²) in [4.78, 5) is 24.8. The number of rotatable bonds is 6. The van der Waals surface area contributed by atoms with Crippen LogP contribution >= 0.6 is 0 Å². The SMILES string of the molecule is NCCc1ccc(C(=O)NC2CCN(CC(=O)O)CC2)cc1. The molecule has 0 bridgehead atoms. The zero-order chi connectivity index (χ0) is 15.9. The van der Waals surface area contributed by atoms with Gasteiger partial charge in [0.05, 0.1) is 6.54 Å². The zero-order valence-electron chi connectivity index (χ0n) is 12.6. The van der Waals surface area contributed by atoms with Crippen molar-refractivity contribution in [2.45, 2.75) is 25.3 Å². The van der Waals surface area contributed by atoms with Gasteiger partial charge in [-0.2, -0.15) is 0 Å². The molecule has 0 aliphatic carbocycles. The Bertz CT molecular complexity index is 508. The van der Waals surface area contributed by atoms with Gasteiger partial charge in [-0.1, -0.05) is 12.1 Å². The maximum Gasteiger partial charge on any atom is 0.317 e. The molecule has 1 aromatic carbocycles. The van der Waals surface area contributed by atoms with E-state index in [1.54, 1.807) is 0 Å². The van der Waals surface area contributed by atoms with Crippen LogP contribution in [0.5, 0.6) is 0 Å². The molecule has 0 radical (unpaired) electrons. The van der Waals surface area contributed by atoms with Gasteiger partial charge in [-0.15, -0.1) is 0 Å². The van der Waals surface area contributed by atoms with Crippen molar-refractivity contribution >= 4 is 11.9 Å². The third-order valence-electron chi connectivity index (χ3n) is 3.93. The molecule has 22 heavy (non-hydrogen) atoms. The summed E-state index contributed by atoms with van der Waals surface area (Å²) in [6.07, 6.45) is 2.37. The average Bonchev–Trinajstić information content (AvgIpc) is 2.50. The largest absolute Gasteiger partial charge is 0.480 e. The second-order valence-electron chi connectivity index (χ2n) is 5.65. The number of carboxylic acid groups (broad SMARTS) is 1. The molecule has 1 aromatic rings. The lowest BCUT2D eigenvalue weighted by atomic mass is 10.0. The highest BCUT2D eigenvalue weighted by atomic mass is 16.4. The molecule has 1 aliphatic rings. The van der Waals surface area contributed by atoms with Crippen molar-refractivity contribution in [1.29, 1.82) is 0 Å². The van der Waals surface area contributed by atoms with Crippen molar-refractivity contribution in [1.82, 2.24) is 10.2 Å². The van der Waals surface area contributed by atoms with Gasteiger partial charge in [0, 0.05) is 24.7 Å². The van der Waals surface area contributed by atoms with E-state index >= 15 is 0 Å². The molecule has 6 nitrogen and oxygen atoms in total. The van der Waals surface area contributed by atoms with Crippen molar-refractivity contribution in [3.63, 3.8) is 0 Å². The number of amides is 1. The van der Waals surface area contributed by atoms with E-state index in [-0.39, 0.29) is 18.5 Å². The molecule has 0 saturated carbocycles. The molecule has 1 fully saturated rings. The third-order valence-corrected chi connectivity index (χ3v) is 3.93. The fraction of sp³-hybridized carbons (Fsp3) is 0.500. The van der Waals surface area contributed by atoms with E-state index in [1.165, 1.54) is 0 Å². The highest BCUT2D eigenvalue weighted by Gasteiger charge is 2.22. The van der Waals surface area contributed by atoms with Crippen molar-refractivity contribution in [2.75, 3.05) is 26.2 Å². The summed E-state index contributed by atoms with van der Waals surface area (Å²) < 4.78 is 0. The van der Waals surface area contributed by atoms with Crippen LogP contribution in [0.15, 0.2) is 24.3 Å². The van der Waals surface area contributed by atoms with E-state index in [0.29, 0.717) is 25.2 Å². The normalized spacial score (nSPS) is 16.4. The Morgan fingerprint density at radius 3 is 2.41 bits per heavy atom. The van der Waals surface area contributed by atoms with Crippen LogP contribution in [0, 0.1) is 0 Å². The number of likely N-dealkylation sites (tertiary alicyclic amines) is 1. The van der Waals surface area contributed by atoms with Gasteiger partial charge in [0.1, 0.15) is 0 Å². The van der Waals surface area contributed by atoms with Crippen molar-refractivity contribution < 1.29 is 14.7 Å². The number of nitrogens with one attached hydrogen (secondary N) is 1. The van der Waals surface area contributed by atoms with Gasteiger partial charge >= 0.3 is 5.97 Å². The number of benzene rings is 1. The molecule has 0 aromatic heterocycles.